The van der Waals surface area contributed by atoms with Gasteiger partial charge < -0.3 is 15.4 Å². The van der Waals surface area contributed by atoms with E-state index in [4.69, 9.17) is 4.74 Å². The van der Waals surface area contributed by atoms with Gasteiger partial charge in [-0.15, -0.1) is 0 Å². The molecule has 0 unspecified atom stereocenters. The molecular formula is C11H19F3N2O2. The summed E-state index contributed by atoms with van der Waals surface area (Å²) in [6.45, 7) is 2.39. The van der Waals surface area contributed by atoms with E-state index in [1.165, 1.54) is 0 Å². The molecule has 0 aromatic rings. The van der Waals surface area contributed by atoms with Gasteiger partial charge in [-0.05, 0) is 18.3 Å². The molecule has 0 atom stereocenters. The van der Waals surface area contributed by atoms with Crippen molar-refractivity contribution in [1.29, 1.82) is 0 Å². The van der Waals surface area contributed by atoms with Crippen LogP contribution in [0.2, 0.25) is 0 Å². The van der Waals surface area contributed by atoms with Crippen molar-refractivity contribution in [3.05, 3.63) is 0 Å². The Bertz CT molecular complexity index is 276. The van der Waals surface area contributed by atoms with E-state index in [1.54, 1.807) is 0 Å². The summed E-state index contributed by atoms with van der Waals surface area (Å²) < 4.78 is 40.7. The maximum Gasteiger partial charge on any atom is 0.401 e. The van der Waals surface area contributed by atoms with E-state index in [-0.39, 0.29) is 12.0 Å². The van der Waals surface area contributed by atoms with Crippen LogP contribution in [0.25, 0.3) is 0 Å². The molecule has 1 heterocycles. The Morgan fingerprint density at radius 1 is 1.33 bits per heavy atom. The molecule has 0 saturated carbocycles. The molecule has 4 nitrogen and oxygen atoms in total. The number of ether oxygens (including phenoxy) is 1. The van der Waals surface area contributed by atoms with Crippen molar-refractivity contribution in [2.24, 2.45) is 5.41 Å². The third kappa shape index (κ3) is 6.20. The van der Waals surface area contributed by atoms with Crippen molar-refractivity contribution in [2.45, 2.75) is 25.9 Å². The highest BCUT2D eigenvalue weighted by atomic mass is 19.4. The topological polar surface area (TPSA) is 50.4 Å². The predicted octanol–water partition coefficient (Wildman–Crippen LogP) is 1.07. The lowest BCUT2D eigenvalue weighted by Gasteiger charge is -2.33. The fourth-order valence-corrected chi connectivity index (χ4v) is 1.73. The van der Waals surface area contributed by atoms with Crippen molar-refractivity contribution >= 4 is 5.91 Å². The monoisotopic (exact) mass is 268 g/mol. The van der Waals surface area contributed by atoms with E-state index < -0.39 is 18.6 Å². The van der Waals surface area contributed by atoms with E-state index >= 15 is 0 Å². The normalized spacial score (nSPS) is 19.6. The molecule has 0 spiro atoms. The Balaban J connectivity index is 2.16. The van der Waals surface area contributed by atoms with E-state index in [2.05, 4.69) is 10.6 Å². The maximum absolute atomic E-state index is 11.8. The van der Waals surface area contributed by atoms with Crippen LogP contribution in [-0.2, 0) is 9.53 Å². The minimum atomic E-state index is -4.28. The van der Waals surface area contributed by atoms with Gasteiger partial charge in [-0.25, -0.2) is 0 Å². The third-order valence-corrected chi connectivity index (χ3v) is 3.02. The van der Waals surface area contributed by atoms with E-state index in [1.807, 2.05) is 6.92 Å². The summed E-state index contributed by atoms with van der Waals surface area (Å²) in [5, 5.41) is 4.72. The number of nitrogens with one attached hydrogen (secondary N) is 2. The molecule has 0 radical (unpaired) electrons. The number of rotatable bonds is 5. The van der Waals surface area contributed by atoms with Gasteiger partial charge in [0, 0.05) is 19.8 Å². The third-order valence-electron chi connectivity index (χ3n) is 3.02. The zero-order chi connectivity index (χ0) is 13.6. The number of alkyl halides is 3. The van der Waals surface area contributed by atoms with E-state index in [9.17, 15) is 18.0 Å². The summed E-state index contributed by atoms with van der Waals surface area (Å²) in [4.78, 5) is 11.3. The zero-order valence-corrected chi connectivity index (χ0v) is 10.4. The molecule has 1 aliphatic heterocycles. The van der Waals surface area contributed by atoms with Crippen molar-refractivity contribution in [1.82, 2.24) is 10.6 Å². The molecule has 0 aromatic heterocycles. The highest BCUT2D eigenvalue weighted by molar-refractivity contribution is 5.78. The Kier molecular flexibility index (Phi) is 5.40. The van der Waals surface area contributed by atoms with Crippen LogP contribution in [0.3, 0.4) is 0 Å². The molecule has 1 saturated heterocycles. The molecule has 1 fully saturated rings. The SMILES string of the molecule is CC1(CNC(=O)CNCC(F)(F)F)CCOCC1. The van der Waals surface area contributed by atoms with Crippen LogP contribution in [0.4, 0.5) is 13.2 Å². The number of halogens is 3. The van der Waals surface area contributed by atoms with Gasteiger partial charge in [0.25, 0.3) is 0 Å². The first-order valence-corrected chi connectivity index (χ1v) is 5.93. The molecule has 1 rings (SSSR count). The molecule has 7 heteroatoms. The van der Waals surface area contributed by atoms with Crippen LogP contribution in [0.15, 0.2) is 0 Å². The highest BCUT2D eigenvalue weighted by Gasteiger charge is 2.28. The Hall–Kier alpha value is -0.820. The average molecular weight is 268 g/mol. The van der Waals surface area contributed by atoms with Crippen molar-refractivity contribution in [3.63, 3.8) is 0 Å². The molecule has 106 valence electrons. The van der Waals surface area contributed by atoms with Gasteiger partial charge >= 0.3 is 6.18 Å². The first kappa shape index (κ1) is 15.2. The first-order valence-electron chi connectivity index (χ1n) is 5.93. The Labute approximate surface area is 104 Å². The number of hydrogen-bond acceptors (Lipinski definition) is 3. The summed E-state index contributed by atoms with van der Waals surface area (Å²) in [6, 6.07) is 0. The van der Waals surface area contributed by atoms with Crippen LogP contribution in [0, 0.1) is 5.41 Å². The minimum Gasteiger partial charge on any atom is -0.381 e. The second-order valence-corrected chi connectivity index (χ2v) is 4.92. The first-order chi connectivity index (χ1) is 8.31. The molecule has 1 aliphatic rings. The van der Waals surface area contributed by atoms with Gasteiger partial charge in [0.2, 0.25) is 5.91 Å². The summed E-state index contributed by atoms with van der Waals surface area (Å²) >= 11 is 0. The molecular weight excluding hydrogens is 249 g/mol. The van der Waals surface area contributed by atoms with Crippen LogP contribution in [0.5, 0.6) is 0 Å². The van der Waals surface area contributed by atoms with Crippen molar-refractivity contribution < 1.29 is 22.7 Å². The molecule has 0 aliphatic carbocycles. The average Bonchev–Trinajstić information content (AvgIpc) is 2.26. The number of carbonyl (C=O) groups is 1. The lowest BCUT2D eigenvalue weighted by atomic mass is 9.82. The fraction of sp³-hybridized carbons (Fsp3) is 0.909. The molecule has 1 amide bonds. The van der Waals surface area contributed by atoms with Gasteiger partial charge in [-0.1, -0.05) is 6.92 Å². The van der Waals surface area contributed by atoms with Gasteiger partial charge in [0.15, 0.2) is 0 Å². The predicted molar refractivity (Wildman–Crippen MR) is 60.1 cm³/mol. The molecule has 0 bridgehead atoms. The summed E-state index contributed by atoms with van der Waals surface area (Å²) in [6.07, 6.45) is -2.58. The fourth-order valence-electron chi connectivity index (χ4n) is 1.73. The lowest BCUT2D eigenvalue weighted by Crippen LogP contribution is -2.43. The summed E-state index contributed by atoms with van der Waals surface area (Å²) in [5.74, 6) is -0.410. The van der Waals surface area contributed by atoms with Crippen molar-refractivity contribution in [2.75, 3.05) is 32.8 Å². The summed E-state index contributed by atoms with van der Waals surface area (Å²) in [5.41, 5.74) is -0.0159. The van der Waals surface area contributed by atoms with E-state index in [0.717, 1.165) is 12.8 Å². The summed E-state index contributed by atoms with van der Waals surface area (Å²) in [7, 11) is 0. The Morgan fingerprint density at radius 2 is 1.94 bits per heavy atom. The van der Waals surface area contributed by atoms with E-state index in [0.29, 0.717) is 19.8 Å². The number of carbonyl (C=O) groups excluding carboxylic acids is 1. The standard InChI is InChI=1S/C11H19F3N2O2/c1-10(2-4-18-5-3-10)7-16-9(17)6-15-8-11(12,13)14/h15H,2-8H2,1H3,(H,16,17). The molecule has 18 heavy (non-hydrogen) atoms. The van der Waals surface area contributed by atoms with Crippen molar-refractivity contribution in [3.8, 4) is 0 Å². The number of amides is 1. The molecule has 0 aromatic carbocycles. The van der Waals surface area contributed by atoms with Crippen LogP contribution < -0.4 is 10.6 Å². The van der Waals surface area contributed by atoms with Crippen LogP contribution in [0.1, 0.15) is 19.8 Å². The van der Waals surface area contributed by atoms with Gasteiger partial charge in [0.1, 0.15) is 0 Å². The second-order valence-electron chi connectivity index (χ2n) is 4.92. The molecule has 2 N–H and O–H groups in total. The maximum atomic E-state index is 11.8. The quantitative estimate of drug-likeness (QED) is 0.784. The zero-order valence-electron chi connectivity index (χ0n) is 10.4. The number of hydrogen-bond donors (Lipinski definition) is 2. The van der Waals surface area contributed by atoms with Gasteiger partial charge in [-0.3, -0.25) is 4.79 Å². The largest absolute Gasteiger partial charge is 0.401 e. The van der Waals surface area contributed by atoms with Crippen LogP contribution in [-0.4, -0.2) is 44.9 Å². The smallest absolute Gasteiger partial charge is 0.381 e. The highest BCUT2D eigenvalue weighted by Crippen LogP contribution is 2.28. The van der Waals surface area contributed by atoms with Crippen LogP contribution >= 0.6 is 0 Å². The van der Waals surface area contributed by atoms with Gasteiger partial charge in [0.05, 0.1) is 13.1 Å². The lowest BCUT2D eigenvalue weighted by molar-refractivity contribution is -0.128. The van der Waals surface area contributed by atoms with Gasteiger partial charge in [-0.2, -0.15) is 13.2 Å². The minimum absolute atomic E-state index is 0.0159. The Morgan fingerprint density at radius 3 is 2.50 bits per heavy atom. The second kappa shape index (κ2) is 6.38.